The third-order valence-electron chi connectivity index (χ3n) is 5.64. The number of rotatable bonds is 3. The zero-order valence-electron chi connectivity index (χ0n) is 13.1. The summed E-state index contributed by atoms with van der Waals surface area (Å²) >= 11 is 0. The molecule has 20 heavy (non-hydrogen) atoms. The molecule has 5 nitrogen and oxygen atoms in total. The van der Waals surface area contributed by atoms with Gasteiger partial charge < -0.3 is 20.1 Å². The molecule has 2 aliphatic rings. The van der Waals surface area contributed by atoms with Crippen molar-refractivity contribution in [3.63, 3.8) is 0 Å². The fraction of sp³-hybridized carbons (Fsp3) is 0.933. The van der Waals surface area contributed by atoms with Gasteiger partial charge in [0.2, 0.25) is 0 Å². The molecule has 1 saturated heterocycles. The van der Waals surface area contributed by atoms with E-state index >= 15 is 0 Å². The van der Waals surface area contributed by atoms with Crippen molar-refractivity contribution in [1.82, 2.24) is 10.2 Å². The van der Waals surface area contributed by atoms with Gasteiger partial charge in [-0.1, -0.05) is 13.8 Å². The van der Waals surface area contributed by atoms with Crippen LogP contribution in [0.25, 0.3) is 0 Å². The molecule has 1 saturated carbocycles. The quantitative estimate of drug-likeness (QED) is 0.827. The topological polar surface area (TPSA) is 61.8 Å². The maximum atomic E-state index is 12.3. The minimum atomic E-state index is -0.166. The summed E-state index contributed by atoms with van der Waals surface area (Å²) < 4.78 is 5.58. The summed E-state index contributed by atoms with van der Waals surface area (Å²) in [5.74, 6) is 0.230. The van der Waals surface area contributed by atoms with Crippen LogP contribution in [0.15, 0.2) is 0 Å². The van der Waals surface area contributed by atoms with Gasteiger partial charge in [0.15, 0.2) is 0 Å². The van der Waals surface area contributed by atoms with Gasteiger partial charge in [-0.15, -0.1) is 0 Å². The van der Waals surface area contributed by atoms with Crippen LogP contribution in [0.5, 0.6) is 0 Å². The Labute approximate surface area is 121 Å². The molecule has 0 aromatic rings. The molecule has 0 spiro atoms. The fourth-order valence-corrected chi connectivity index (χ4v) is 3.36. The van der Waals surface area contributed by atoms with Gasteiger partial charge in [0.05, 0.1) is 5.60 Å². The first-order chi connectivity index (χ1) is 9.34. The number of nitrogens with zero attached hydrogens (tertiary/aromatic N) is 1. The largest absolute Gasteiger partial charge is 0.396 e. The van der Waals surface area contributed by atoms with E-state index in [1.54, 1.807) is 7.11 Å². The number of piperidine rings is 1. The van der Waals surface area contributed by atoms with Gasteiger partial charge in [-0.2, -0.15) is 0 Å². The molecule has 2 amide bonds. The summed E-state index contributed by atoms with van der Waals surface area (Å²) in [4.78, 5) is 14.2. The number of methoxy groups -OCH3 is 1. The number of ether oxygens (including phenoxy) is 1. The van der Waals surface area contributed by atoms with Crippen molar-refractivity contribution in [3.8, 4) is 0 Å². The van der Waals surface area contributed by atoms with Crippen LogP contribution in [-0.2, 0) is 4.74 Å². The van der Waals surface area contributed by atoms with E-state index in [1.165, 1.54) is 0 Å². The minimum Gasteiger partial charge on any atom is -0.396 e. The van der Waals surface area contributed by atoms with Crippen molar-refractivity contribution < 1.29 is 14.6 Å². The number of hydrogen-bond acceptors (Lipinski definition) is 3. The first-order valence-electron chi connectivity index (χ1n) is 7.55. The molecule has 0 aromatic heterocycles. The number of urea groups is 1. The molecule has 3 atom stereocenters. The standard InChI is InChI=1S/C15H28N2O3/c1-14(2)12(8-15(14,3)20-4)16-13(19)17-7-5-6-11(9-17)10-18/h11-12,18H,5-10H2,1-4H3,(H,16,19). The number of carbonyl (C=O) groups excluding carboxylic acids is 1. The summed E-state index contributed by atoms with van der Waals surface area (Å²) in [7, 11) is 1.73. The zero-order chi connectivity index (χ0) is 15.0. The Morgan fingerprint density at radius 1 is 1.45 bits per heavy atom. The SMILES string of the molecule is COC1(C)CC(NC(=O)N2CCCC(CO)C2)C1(C)C. The van der Waals surface area contributed by atoms with Crippen LogP contribution < -0.4 is 5.32 Å². The van der Waals surface area contributed by atoms with Crippen LogP contribution in [0.2, 0.25) is 0 Å². The van der Waals surface area contributed by atoms with Crippen LogP contribution in [0, 0.1) is 11.3 Å². The maximum absolute atomic E-state index is 12.3. The average Bonchev–Trinajstić information content (AvgIpc) is 2.46. The zero-order valence-corrected chi connectivity index (χ0v) is 13.1. The third-order valence-corrected chi connectivity index (χ3v) is 5.64. The Kier molecular flexibility index (Phi) is 4.30. The second kappa shape index (κ2) is 5.53. The molecule has 1 aliphatic carbocycles. The van der Waals surface area contributed by atoms with Gasteiger partial charge in [0, 0.05) is 38.3 Å². The predicted molar refractivity (Wildman–Crippen MR) is 77.5 cm³/mol. The molecule has 0 aromatic carbocycles. The van der Waals surface area contributed by atoms with E-state index in [0.29, 0.717) is 6.54 Å². The molecule has 2 N–H and O–H groups in total. The third kappa shape index (κ3) is 2.53. The number of carbonyl (C=O) groups is 1. The lowest BCUT2D eigenvalue weighted by Crippen LogP contribution is -2.69. The van der Waals surface area contributed by atoms with Crippen LogP contribution in [0.1, 0.15) is 40.0 Å². The number of nitrogens with one attached hydrogen (secondary N) is 1. The van der Waals surface area contributed by atoms with Crippen LogP contribution >= 0.6 is 0 Å². The number of aliphatic hydroxyl groups is 1. The molecule has 1 aliphatic heterocycles. The fourth-order valence-electron chi connectivity index (χ4n) is 3.36. The van der Waals surface area contributed by atoms with E-state index in [2.05, 4.69) is 26.1 Å². The second-order valence-electron chi connectivity index (χ2n) is 7.00. The van der Waals surface area contributed by atoms with Gasteiger partial charge in [-0.3, -0.25) is 0 Å². The maximum Gasteiger partial charge on any atom is 0.317 e. The lowest BCUT2D eigenvalue weighted by molar-refractivity contribution is -0.177. The van der Waals surface area contributed by atoms with Crippen molar-refractivity contribution in [2.24, 2.45) is 11.3 Å². The lowest BCUT2D eigenvalue weighted by Gasteiger charge is -2.59. The second-order valence-corrected chi connectivity index (χ2v) is 7.00. The van der Waals surface area contributed by atoms with Crippen LogP contribution in [0.3, 0.4) is 0 Å². The van der Waals surface area contributed by atoms with E-state index in [9.17, 15) is 9.90 Å². The van der Waals surface area contributed by atoms with Crippen LogP contribution in [-0.4, -0.2) is 54.5 Å². The molecular weight excluding hydrogens is 256 g/mol. The normalized spacial score (nSPS) is 36.4. The Balaban J connectivity index is 1.90. The lowest BCUT2D eigenvalue weighted by atomic mass is 9.56. The van der Waals surface area contributed by atoms with E-state index in [1.807, 2.05) is 4.90 Å². The minimum absolute atomic E-state index is 0.000576. The molecule has 0 bridgehead atoms. The van der Waals surface area contributed by atoms with E-state index < -0.39 is 0 Å². The summed E-state index contributed by atoms with van der Waals surface area (Å²) in [6.07, 6.45) is 2.83. The molecule has 3 unspecified atom stereocenters. The Bertz CT molecular complexity index is 372. The molecular formula is C15H28N2O3. The Hall–Kier alpha value is -0.810. The summed E-state index contributed by atoms with van der Waals surface area (Å²) in [5, 5.41) is 12.4. The average molecular weight is 284 g/mol. The molecule has 0 radical (unpaired) electrons. The molecule has 2 rings (SSSR count). The molecule has 1 heterocycles. The van der Waals surface area contributed by atoms with Gasteiger partial charge in [-0.25, -0.2) is 4.79 Å². The van der Waals surface area contributed by atoms with Gasteiger partial charge in [0.1, 0.15) is 0 Å². The Morgan fingerprint density at radius 2 is 2.15 bits per heavy atom. The summed E-state index contributed by atoms with van der Waals surface area (Å²) in [6, 6.07) is 0.147. The smallest absolute Gasteiger partial charge is 0.317 e. The number of hydrogen-bond donors (Lipinski definition) is 2. The van der Waals surface area contributed by atoms with E-state index in [4.69, 9.17) is 4.74 Å². The highest BCUT2D eigenvalue weighted by molar-refractivity contribution is 5.75. The van der Waals surface area contributed by atoms with Crippen molar-refractivity contribution >= 4 is 6.03 Å². The Morgan fingerprint density at radius 3 is 2.70 bits per heavy atom. The number of amides is 2. The first-order valence-corrected chi connectivity index (χ1v) is 7.55. The van der Waals surface area contributed by atoms with Gasteiger partial charge in [-0.05, 0) is 32.1 Å². The van der Waals surface area contributed by atoms with Crippen molar-refractivity contribution in [1.29, 1.82) is 0 Å². The molecule has 116 valence electrons. The highest BCUT2D eigenvalue weighted by atomic mass is 16.5. The predicted octanol–water partition coefficient (Wildman–Crippen LogP) is 1.60. The summed E-state index contributed by atoms with van der Waals surface area (Å²) in [5.41, 5.74) is -0.232. The van der Waals surface area contributed by atoms with Crippen molar-refractivity contribution in [2.45, 2.75) is 51.7 Å². The highest BCUT2D eigenvalue weighted by Gasteiger charge is 2.58. The van der Waals surface area contributed by atoms with Crippen LogP contribution in [0.4, 0.5) is 4.79 Å². The highest BCUT2D eigenvalue weighted by Crippen LogP contribution is 2.51. The van der Waals surface area contributed by atoms with E-state index in [-0.39, 0.29) is 35.6 Å². The number of likely N-dealkylation sites (tertiary alicyclic amines) is 1. The van der Waals surface area contributed by atoms with Gasteiger partial charge >= 0.3 is 6.03 Å². The monoisotopic (exact) mass is 284 g/mol. The first kappa shape index (κ1) is 15.6. The van der Waals surface area contributed by atoms with Crippen molar-refractivity contribution in [3.05, 3.63) is 0 Å². The van der Waals surface area contributed by atoms with Crippen molar-refractivity contribution in [2.75, 3.05) is 26.8 Å². The van der Waals surface area contributed by atoms with E-state index in [0.717, 1.165) is 25.8 Å². The molecule has 2 fully saturated rings. The number of aliphatic hydroxyl groups excluding tert-OH is 1. The summed E-state index contributed by atoms with van der Waals surface area (Å²) in [6.45, 7) is 7.99. The molecule has 5 heteroatoms. The van der Waals surface area contributed by atoms with Gasteiger partial charge in [0.25, 0.3) is 0 Å².